The van der Waals surface area contributed by atoms with Gasteiger partial charge >= 0.3 is 12.1 Å². The Morgan fingerprint density at radius 3 is 2.33 bits per heavy atom. The Labute approximate surface area is 105 Å². The number of rotatable bonds is 5. The van der Waals surface area contributed by atoms with Gasteiger partial charge in [0.25, 0.3) is 0 Å². The number of ether oxygens (including phenoxy) is 2. The minimum Gasteiger partial charge on any atom is -0.434 e. The molecule has 1 aromatic carbocycles. The molecule has 96 valence electrons. The van der Waals surface area contributed by atoms with E-state index in [0.717, 1.165) is 0 Å². The van der Waals surface area contributed by atoms with Gasteiger partial charge in [0.1, 0.15) is 0 Å². The van der Waals surface area contributed by atoms with Crippen LogP contribution in [0.2, 0.25) is 0 Å². The number of Topliss-reactive ketones (excluding diaryl/α,β-unsaturated/α-hetero) is 1. The summed E-state index contributed by atoms with van der Waals surface area (Å²) in [5.74, 6) is -0.936. The molecule has 0 atom stereocenters. The van der Waals surface area contributed by atoms with Gasteiger partial charge in [0.15, 0.2) is 5.78 Å². The van der Waals surface area contributed by atoms with Crippen LogP contribution >= 0.6 is 0 Å². The quantitative estimate of drug-likeness (QED) is 0.455. The largest absolute Gasteiger partial charge is 0.516 e. The molecule has 0 N–H and O–H groups in total. The van der Waals surface area contributed by atoms with Crippen LogP contribution in [0.15, 0.2) is 30.3 Å². The number of carbonyl (C=O) groups is 3. The van der Waals surface area contributed by atoms with Gasteiger partial charge in [0.05, 0.1) is 13.0 Å². The third-order valence-electron chi connectivity index (χ3n) is 2.11. The van der Waals surface area contributed by atoms with Crippen LogP contribution in [0.1, 0.15) is 30.1 Å². The number of benzene rings is 1. The zero-order valence-electron chi connectivity index (χ0n) is 10.0. The number of ketones is 1. The highest BCUT2D eigenvalue weighted by molar-refractivity contribution is 5.97. The summed E-state index contributed by atoms with van der Waals surface area (Å²) in [6, 6.07) is 8.61. The van der Waals surface area contributed by atoms with Crippen molar-refractivity contribution < 1.29 is 23.9 Å². The van der Waals surface area contributed by atoms with Crippen molar-refractivity contribution >= 4 is 17.9 Å². The molecule has 0 aliphatic rings. The van der Waals surface area contributed by atoms with E-state index in [1.54, 1.807) is 37.3 Å². The van der Waals surface area contributed by atoms with E-state index >= 15 is 0 Å². The van der Waals surface area contributed by atoms with E-state index in [9.17, 15) is 14.4 Å². The van der Waals surface area contributed by atoms with E-state index in [1.165, 1.54) is 0 Å². The molecule has 0 radical (unpaired) electrons. The van der Waals surface area contributed by atoms with Gasteiger partial charge in [-0.2, -0.15) is 0 Å². The Bertz CT molecular complexity index is 424. The molecule has 5 nitrogen and oxygen atoms in total. The molecule has 5 heteroatoms. The fraction of sp³-hybridized carbons (Fsp3) is 0.308. The van der Waals surface area contributed by atoms with E-state index in [2.05, 4.69) is 9.47 Å². The van der Waals surface area contributed by atoms with Crippen LogP contribution in [0.5, 0.6) is 0 Å². The van der Waals surface area contributed by atoms with Crippen molar-refractivity contribution in [2.45, 2.75) is 19.8 Å². The summed E-state index contributed by atoms with van der Waals surface area (Å²) >= 11 is 0. The van der Waals surface area contributed by atoms with E-state index in [0.29, 0.717) is 5.56 Å². The first-order valence-corrected chi connectivity index (χ1v) is 5.59. The lowest BCUT2D eigenvalue weighted by Crippen LogP contribution is -2.14. The molecule has 1 aromatic rings. The maximum absolute atomic E-state index is 11.6. The van der Waals surface area contributed by atoms with Crippen molar-refractivity contribution in [3.8, 4) is 0 Å². The molecule has 0 amide bonds. The van der Waals surface area contributed by atoms with Crippen molar-refractivity contribution in [1.29, 1.82) is 0 Å². The van der Waals surface area contributed by atoms with E-state index in [1.807, 2.05) is 0 Å². The minimum atomic E-state index is -1.03. The summed E-state index contributed by atoms with van der Waals surface area (Å²) in [7, 11) is 0. The molecule has 18 heavy (non-hydrogen) atoms. The van der Waals surface area contributed by atoms with E-state index in [4.69, 9.17) is 0 Å². The number of esters is 1. The molecule has 0 aromatic heterocycles. The van der Waals surface area contributed by atoms with Gasteiger partial charge in [-0.15, -0.1) is 0 Å². The smallest absolute Gasteiger partial charge is 0.434 e. The number of hydrogen-bond donors (Lipinski definition) is 0. The standard InChI is InChI=1S/C13H14O5/c1-2-17-13(16)18-12(15)9-8-11(14)10-6-4-3-5-7-10/h3-7H,2,8-9H2,1H3. The van der Waals surface area contributed by atoms with Gasteiger partial charge in [-0.05, 0) is 6.92 Å². The fourth-order valence-corrected chi connectivity index (χ4v) is 1.28. The van der Waals surface area contributed by atoms with E-state index < -0.39 is 12.1 Å². The molecule has 0 fully saturated rings. The molecule has 0 bridgehead atoms. The second-order valence-electron chi connectivity index (χ2n) is 3.45. The molecule has 0 saturated carbocycles. The summed E-state index contributed by atoms with van der Waals surface area (Å²) in [5, 5.41) is 0. The van der Waals surface area contributed by atoms with Gasteiger partial charge in [-0.1, -0.05) is 30.3 Å². The number of hydrogen-bond acceptors (Lipinski definition) is 5. The Morgan fingerprint density at radius 1 is 1.06 bits per heavy atom. The first-order valence-electron chi connectivity index (χ1n) is 5.59. The molecule has 0 saturated heterocycles. The lowest BCUT2D eigenvalue weighted by Gasteiger charge is -2.02. The third kappa shape index (κ3) is 4.78. The minimum absolute atomic E-state index is 0.00223. The molecular formula is C13H14O5. The second-order valence-corrected chi connectivity index (χ2v) is 3.45. The lowest BCUT2D eigenvalue weighted by atomic mass is 10.1. The summed E-state index contributed by atoms with van der Waals surface area (Å²) in [6.45, 7) is 1.74. The normalized spacial score (nSPS) is 9.61. The van der Waals surface area contributed by atoms with Crippen LogP contribution in [-0.4, -0.2) is 24.5 Å². The molecule has 0 aliphatic heterocycles. The highest BCUT2D eigenvalue weighted by atomic mass is 16.7. The maximum atomic E-state index is 11.6. The molecule has 1 rings (SSSR count). The monoisotopic (exact) mass is 250 g/mol. The lowest BCUT2D eigenvalue weighted by molar-refractivity contribution is -0.139. The van der Waals surface area contributed by atoms with Crippen LogP contribution in [0.25, 0.3) is 0 Å². The molecular weight excluding hydrogens is 236 g/mol. The average Bonchev–Trinajstić information content (AvgIpc) is 2.37. The van der Waals surface area contributed by atoms with Gasteiger partial charge in [0, 0.05) is 12.0 Å². The van der Waals surface area contributed by atoms with Crippen LogP contribution < -0.4 is 0 Å². The average molecular weight is 250 g/mol. The molecule has 0 aliphatic carbocycles. The van der Waals surface area contributed by atoms with Crippen LogP contribution in [0, 0.1) is 0 Å². The second kappa shape index (κ2) is 7.21. The van der Waals surface area contributed by atoms with Crippen molar-refractivity contribution in [2.75, 3.05) is 6.61 Å². The zero-order chi connectivity index (χ0) is 13.4. The van der Waals surface area contributed by atoms with Crippen molar-refractivity contribution in [3.05, 3.63) is 35.9 Å². The summed E-state index contributed by atoms with van der Waals surface area (Å²) in [6.07, 6.45) is -1.18. The molecule has 0 spiro atoms. The first kappa shape index (κ1) is 13.9. The van der Waals surface area contributed by atoms with Gasteiger partial charge in [0.2, 0.25) is 0 Å². The SMILES string of the molecule is CCOC(=O)OC(=O)CCC(=O)c1ccccc1. The topological polar surface area (TPSA) is 69.7 Å². The Hall–Kier alpha value is -2.17. The summed E-state index contributed by atoms with van der Waals surface area (Å²) in [4.78, 5) is 33.6. The van der Waals surface area contributed by atoms with E-state index in [-0.39, 0.29) is 25.2 Å². The van der Waals surface area contributed by atoms with Crippen molar-refractivity contribution in [2.24, 2.45) is 0 Å². The predicted octanol–water partition coefficient (Wildman–Crippen LogP) is 2.35. The van der Waals surface area contributed by atoms with Crippen molar-refractivity contribution in [3.63, 3.8) is 0 Å². The van der Waals surface area contributed by atoms with Crippen LogP contribution in [0.3, 0.4) is 0 Å². The Morgan fingerprint density at radius 2 is 1.72 bits per heavy atom. The van der Waals surface area contributed by atoms with Crippen LogP contribution in [0.4, 0.5) is 4.79 Å². The highest BCUT2D eigenvalue weighted by Crippen LogP contribution is 2.06. The van der Waals surface area contributed by atoms with Gasteiger partial charge in [-0.3, -0.25) is 9.59 Å². The first-order chi connectivity index (χ1) is 8.63. The maximum Gasteiger partial charge on any atom is 0.516 e. The fourth-order valence-electron chi connectivity index (χ4n) is 1.28. The third-order valence-corrected chi connectivity index (χ3v) is 2.11. The van der Waals surface area contributed by atoms with Crippen molar-refractivity contribution in [1.82, 2.24) is 0 Å². The highest BCUT2D eigenvalue weighted by Gasteiger charge is 2.13. The Balaban J connectivity index is 2.35. The molecule has 0 unspecified atom stereocenters. The number of carbonyl (C=O) groups excluding carboxylic acids is 3. The van der Waals surface area contributed by atoms with Gasteiger partial charge in [-0.25, -0.2) is 4.79 Å². The van der Waals surface area contributed by atoms with Crippen LogP contribution in [-0.2, 0) is 14.3 Å². The zero-order valence-corrected chi connectivity index (χ0v) is 10.0. The summed E-state index contributed by atoms with van der Waals surface area (Å²) < 4.78 is 8.76. The Kier molecular flexibility index (Phi) is 5.57. The molecule has 0 heterocycles. The summed E-state index contributed by atoms with van der Waals surface area (Å²) in [5.41, 5.74) is 0.529. The predicted molar refractivity (Wildman–Crippen MR) is 63.1 cm³/mol. The van der Waals surface area contributed by atoms with Gasteiger partial charge < -0.3 is 9.47 Å².